The maximum Gasteiger partial charge on any atom is 0.374 e. The molecule has 0 saturated carbocycles. The molecule has 4 rings (SSSR count). The zero-order valence-corrected chi connectivity index (χ0v) is 23.6. The number of halogens is 1. The standard InChI is InChI=1S/C23H24ClN3O8S3/c1-3-15(10-23-26(7-4-8-38(31,32)33)18-13-34-14-20(18)36-23)9-22-27(12-21(28)25-37(2,29)30)17-11-16(24)5-6-19(17)35-22/h5-6,9-11,13-14H,3-4,7-8,12H2,1-2H3,(H-,25,28,31,32,33)/p+1. The fourth-order valence-electron chi connectivity index (χ4n) is 3.87. The molecule has 204 valence electrons. The highest BCUT2D eigenvalue weighted by Gasteiger charge is 2.29. The van der Waals surface area contributed by atoms with Gasteiger partial charge in [-0.1, -0.05) is 30.3 Å². The van der Waals surface area contributed by atoms with Crippen LogP contribution in [0.4, 0.5) is 5.69 Å². The number of anilines is 1. The summed E-state index contributed by atoms with van der Waals surface area (Å²) in [5.41, 5.74) is 2.58. The Labute approximate surface area is 228 Å². The number of amides is 1. The highest BCUT2D eigenvalue weighted by molar-refractivity contribution is 8.03. The molecule has 1 aliphatic heterocycles. The summed E-state index contributed by atoms with van der Waals surface area (Å²) in [5, 5.41) is 1.23. The summed E-state index contributed by atoms with van der Waals surface area (Å²) in [5.74, 6) is -0.806. The molecule has 1 aliphatic rings. The van der Waals surface area contributed by atoms with E-state index in [1.165, 1.54) is 16.3 Å². The van der Waals surface area contributed by atoms with Gasteiger partial charge in [0.25, 0.3) is 21.5 Å². The van der Waals surface area contributed by atoms with Gasteiger partial charge in [-0.25, -0.2) is 13.1 Å². The Morgan fingerprint density at radius 2 is 2.03 bits per heavy atom. The van der Waals surface area contributed by atoms with E-state index in [2.05, 4.69) is 0 Å². The predicted octanol–water partition coefficient (Wildman–Crippen LogP) is 3.57. The molecule has 1 aromatic carbocycles. The lowest BCUT2D eigenvalue weighted by Crippen LogP contribution is -2.45. The van der Waals surface area contributed by atoms with Crippen molar-refractivity contribution in [2.75, 3.05) is 23.5 Å². The van der Waals surface area contributed by atoms with E-state index in [9.17, 15) is 21.6 Å². The molecule has 0 aliphatic carbocycles. The van der Waals surface area contributed by atoms with Crippen molar-refractivity contribution in [3.63, 3.8) is 0 Å². The average Bonchev–Trinajstić information content (AvgIpc) is 3.46. The third-order valence-electron chi connectivity index (χ3n) is 5.48. The van der Waals surface area contributed by atoms with Gasteiger partial charge in [-0.3, -0.25) is 9.35 Å². The van der Waals surface area contributed by atoms with Crippen LogP contribution in [-0.2, 0) is 31.5 Å². The second-order valence-corrected chi connectivity index (χ2v) is 13.3. The molecule has 15 heteroatoms. The molecule has 2 aromatic heterocycles. The topological polar surface area (TPSA) is 151 Å². The van der Waals surface area contributed by atoms with E-state index >= 15 is 0 Å². The van der Waals surface area contributed by atoms with Crippen LogP contribution in [0.25, 0.3) is 17.2 Å². The summed E-state index contributed by atoms with van der Waals surface area (Å²) >= 11 is 7.61. The van der Waals surface area contributed by atoms with Crippen LogP contribution >= 0.6 is 23.4 Å². The van der Waals surface area contributed by atoms with Gasteiger partial charge in [0, 0.05) is 17.6 Å². The molecule has 0 fully saturated rings. The zero-order valence-electron chi connectivity index (χ0n) is 20.4. The van der Waals surface area contributed by atoms with Crippen molar-refractivity contribution in [3.8, 4) is 0 Å². The Morgan fingerprint density at radius 1 is 1.26 bits per heavy atom. The number of thioether (sulfide) groups is 1. The van der Waals surface area contributed by atoms with Crippen LogP contribution in [0.3, 0.4) is 0 Å². The third kappa shape index (κ3) is 6.99. The lowest BCUT2D eigenvalue weighted by Gasteiger charge is -2.19. The number of rotatable bonds is 10. The van der Waals surface area contributed by atoms with Crippen molar-refractivity contribution < 1.29 is 39.6 Å². The van der Waals surface area contributed by atoms with Gasteiger partial charge in [0.05, 0.1) is 33.7 Å². The molecule has 1 amide bonds. The quantitative estimate of drug-likeness (QED) is 0.260. The first-order chi connectivity index (χ1) is 17.8. The van der Waals surface area contributed by atoms with Crippen molar-refractivity contribution >= 4 is 72.3 Å². The Kier molecular flexibility index (Phi) is 8.28. The fourth-order valence-corrected chi connectivity index (χ4v) is 6.11. The Balaban J connectivity index is 1.70. The maximum absolute atomic E-state index is 12.5. The predicted molar refractivity (Wildman–Crippen MR) is 144 cm³/mol. The van der Waals surface area contributed by atoms with Crippen molar-refractivity contribution in [1.29, 1.82) is 0 Å². The van der Waals surface area contributed by atoms with Crippen LogP contribution in [0.5, 0.6) is 0 Å². The molecule has 2 N–H and O–H groups in total. The minimum absolute atomic E-state index is 0.201. The smallest absolute Gasteiger partial charge is 0.374 e. The number of aromatic nitrogens is 1. The first-order valence-electron chi connectivity index (χ1n) is 11.3. The molecular formula is C23H25ClN3O8S3+. The van der Waals surface area contributed by atoms with Gasteiger partial charge in [-0.2, -0.15) is 8.42 Å². The number of hydrogen-bond donors (Lipinski definition) is 2. The summed E-state index contributed by atoms with van der Waals surface area (Å²) < 4.78 is 69.4. The van der Waals surface area contributed by atoms with Crippen LogP contribution in [0.15, 0.2) is 61.1 Å². The number of furan rings is 1. The number of sulfonamides is 1. The molecule has 0 spiro atoms. The molecule has 11 nitrogen and oxygen atoms in total. The van der Waals surface area contributed by atoms with Gasteiger partial charge in [0.1, 0.15) is 12.5 Å². The number of allylic oxidation sites excluding steroid dienone is 2. The number of hydrogen-bond acceptors (Lipinski definition) is 9. The van der Waals surface area contributed by atoms with Gasteiger partial charge in [0.15, 0.2) is 0 Å². The molecule has 0 bridgehead atoms. The van der Waals surface area contributed by atoms with Gasteiger partial charge in [-0.15, -0.1) is 4.57 Å². The number of nitrogens with zero attached hydrogens (tertiary/aromatic N) is 2. The molecule has 0 radical (unpaired) electrons. The number of benzene rings is 1. The van der Waals surface area contributed by atoms with Crippen LogP contribution in [0.1, 0.15) is 25.7 Å². The van der Waals surface area contributed by atoms with Crippen LogP contribution in [0, 0.1) is 0 Å². The van der Waals surface area contributed by atoms with Crippen molar-refractivity contribution in [3.05, 3.63) is 58.3 Å². The molecule has 3 heterocycles. The first kappa shape index (κ1) is 28.2. The fraction of sp³-hybridized carbons (Fsp3) is 0.304. The van der Waals surface area contributed by atoms with E-state index in [1.54, 1.807) is 36.8 Å². The molecular weight excluding hydrogens is 578 g/mol. The van der Waals surface area contributed by atoms with Crippen molar-refractivity contribution in [2.24, 2.45) is 0 Å². The number of carbonyl (C=O) groups is 1. The molecule has 38 heavy (non-hydrogen) atoms. The number of carbonyl (C=O) groups excluding carboxylic acids is 1. The minimum Gasteiger partial charge on any atom is -0.469 e. The molecule has 0 atom stereocenters. The van der Waals surface area contributed by atoms with Crippen molar-refractivity contribution in [2.45, 2.75) is 31.2 Å². The molecule has 0 unspecified atom stereocenters. The average molecular weight is 603 g/mol. The van der Waals surface area contributed by atoms with Crippen molar-refractivity contribution in [1.82, 2.24) is 4.72 Å². The van der Waals surface area contributed by atoms with Crippen LogP contribution in [-0.4, -0.2) is 45.8 Å². The number of fused-ring (bicyclic) bond motifs is 2. The number of oxazole rings is 1. The highest BCUT2D eigenvalue weighted by atomic mass is 35.5. The Hall–Kier alpha value is -2.78. The normalized spacial score (nSPS) is 15.4. The number of nitrogens with one attached hydrogen (secondary N) is 1. The molecule has 0 saturated heterocycles. The highest BCUT2D eigenvalue weighted by Crippen LogP contribution is 2.47. The first-order valence-corrected chi connectivity index (χ1v) is 16.0. The van der Waals surface area contributed by atoms with E-state index in [-0.39, 0.29) is 18.7 Å². The summed E-state index contributed by atoms with van der Waals surface area (Å²) in [7, 11) is -7.84. The maximum atomic E-state index is 12.5. The minimum atomic E-state index is -4.09. The summed E-state index contributed by atoms with van der Waals surface area (Å²) in [6, 6.07) is 4.93. The van der Waals surface area contributed by atoms with E-state index in [0.29, 0.717) is 35.0 Å². The van der Waals surface area contributed by atoms with Crippen LogP contribution in [0.2, 0.25) is 5.02 Å². The van der Waals surface area contributed by atoms with Gasteiger partial charge >= 0.3 is 5.89 Å². The van der Waals surface area contributed by atoms with E-state index in [4.69, 9.17) is 25.0 Å². The lowest BCUT2D eigenvalue weighted by molar-refractivity contribution is -0.665. The Morgan fingerprint density at radius 3 is 2.71 bits per heavy atom. The van der Waals surface area contributed by atoms with E-state index < -0.39 is 26.0 Å². The zero-order chi connectivity index (χ0) is 27.7. The SMILES string of the molecule is CCC(=Cc1oc2ccc(Cl)cc2[n+]1CC(=O)NS(C)(=O)=O)C=C1Sc2cocc2N1CCCS(=O)(=O)O. The lowest BCUT2D eigenvalue weighted by atomic mass is 10.2. The Bertz CT molecular complexity index is 1660. The van der Waals surface area contributed by atoms with E-state index in [0.717, 1.165) is 27.4 Å². The summed E-state index contributed by atoms with van der Waals surface area (Å²) in [6.45, 7) is 1.94. The van der Waals surface area contributed by atoms with Gasteiger partial charge in [0.2, 0.25) is 22.2 Å². The monoisotopic (exact) mass is 602 g/mol. The van der Waals surface area contributed by atoms with E-state index in [1.807, 2.05) is 22.6 Å². The summed E-state index contributed by atoms with van der Waals surface area (Å²) in [6.07, 6.45) is 8.51. The largest absolute Gasteiger partial charge is 0.469 e. The van der Waals surface area contributed by atoms with Crippen LogP contribution < -0.4 is 14.2 Å². The summed E-state index contributed by atoms with van der Waals surface area (Å²) in [4.78, 5) is 15.2. The third-order valence-corrected chi connectivity index (χ3v) is 8.19. The molecule has 3 aromatic rings. The second-order valence-electron chi connectivity index (χ2n) is 8.51. The van der Waals surface area contributed by atoms with Gasteiger partial charge < -0.3 is 13.7 Å². The second kappa shape index (κ2) is 11.1. The van der Waals surface area contributed by atoms with Gasteiger partial charge in [-0.05, 0) is 36.6 Å².